The molecule has 0 unspecified atom stereocenters. The zero-order valence-electron chi connectivity index (χ0n) is 18.9. The van der Waals surface area contributed by atoms with Gasteiger partial charge in [0.25, 0.3) is 5.91 Å². The number of esters is 1. The van der Waals surface area contributed by atoms with E-state index in [1.807, 2.05) is 26.0 Å². The average molecular weight is 427 g/mol. The van der Waals surface area contributed by atoms with Crippen molar-refractivity contribution in [2.45, 2.75) is 20.4 Å². The summed E-state index contributed by atoms with van der Waals surface area (Å²) in [6, 6.07) is 9.48. The predicted octanol–water partition coefficient (Wildman–Crippen LogP) is 3.54. The summed E-state index contributed by atoms with van der Waals surface area (Å²) in [6.07, 6.45) is 2.80. The Labute approximate surface area is 183 Å². The molecule has 0 spiro atoms. The number of rotatable bonds is 9. The normalized spacial score (nSPS) is 10.6. The first kappa shape index (κ1) is 23.8. The van der Waals surface area contributed by atoms with Gasteiger partial charge in [-0.25, -0.2) is 4.79 Å². The molecule has 0 aliphatic heterocycles. The average Bonchev–Trinajstić information content (AvgIpc) is 2.76. The Morgan fingerprint density at radius 2 is 1.61 bits per heavy atom. The van der Waals surface area contributed by atoms with Crippen molar-refractivity contribution in [2.24, 2.45) is 0 Å². The second-order valence-electron chi connectivity index (χ2n) is 7.08. The number of amides is 1. The second kappa shape index (κ2) is 11.1. The van der Waals surface area contributed by atoms with Crippen molar-refractivity contribution in [3.8, 4) is 17.2 Å². The molecule has 1 amide bonds. The van der Waals surface area contributed by atoms with E-state index in [2.05, 4.69) is 6.07 Å². The lowest BCUT2D eigenvalue weighted by Gasteiger charge is -2.18. The lowest BCUT2D eigenvalue weighted by molar-refractivity contribution is -0.147. The van der Waals surface area contributed by atoms with Crippen molar-refractivity contribution >= 4 is 18.0 Å². The van der Waals surface area contributed by atoms with Gasteiger partial charge in [-0.3, -0.25) is 4.79 Å². The maximum absolute atomic E-state index is 12.3. The van der Waals surface area contributed by atoms with Gasteiger partial charge >= 0.3 is 5.97 Å². The van der Waals surface area contributed by atoms with Gasteiger partial charge in [0.05, 0.1) is 21.3 Å². The van der Waals surface area contributed by atoms with Gasteiger partial charge in [-0.2, -0.15) is 0 Å². The molecule has 0 radical (unpaired) electrons. The van der Waals surface area contributed by atoms with Crippen molar-refractivity contribution in [1.29, 1.82) is 0 Å². The Kier molecular flexibility index (Phi) is 8.49. The fraction of sp³-hybridized carbons (Fsp3) is 0.333. The Hall–Kier alpha value is -3.48. The van der Waals surface area contributed by atoms with Gasteiger partial charge in [0, 0.05) is 19.7 Å². The molecule has 7 nitrogen and oxygen atoms in total. The largest absolute Gasteiger partial charge is 0.493 e. The Morgan fingerprint density at radius 1 is 0.968 bits per heavy atom. The van der Waals surface area contributed by atoms with Crippen molar-refractivity contribution in [2.75, 3.05) is 35.0 Å². The van der Waals surface area contributed by atoms with Gasteiger partial charge in [0.15, 0.2) is 18.1 Å². The second-order valence-corrected chi connectivity index (χ2v) is 7.08. The van der Waals surface area contributed by atoms with Crippen molar-refractivity contribution < 1.29 is 28.5 Å². The molecule has 0 aliphatic rings. The van der Waals surface area contributed by atoms with Gasteiger partial charge in [-0.05, 0) is 48.7 Å². The van der Waals surface area contributed by atoms with Crippen LogP contribution in [0.3, 0.4) is 0 Å². The SMILES string of the molecule is COc1cc(/C=C/C(=O)OCC(=O)N(C)Cc2ccc(C)cc2C)cc(OC)c1OC. The molecule has 2 aromatic carbocycles. The van der Waals surface area contributed by atoms with E-state index in [1.54, 1.807) is 25.3 Å². The summed E-state index contributed by atoms with van der Waals surface area (Å²) in [5.41, 5.74) is 3.99. The van der Waals surface area contributed by atoms with Gasteiger partial charge in [0.1, 0.15) is 0 Å². The minimum Gasteiger partial charge on any atom is -0.493 e. The van der Waals surface area contributed by atoms with Crippen LogP contribution in [-0.4, -0.2) is 51.8 Å². The van der Waals surface area contributed by atoms with Gasteiger partial charge in [0.2, 0.25) is 5.75 Å². The third-order valence-corrected chi connectivity index (χ3v) is 4.77. The van der Waals surface area contributed by atoms with Crippen LogP contribution in [0.4, 0.5) is 0 Å². The molecule has 0 N–H and O–H groups in total. The van der Waals surface area contributed by atoms with Crippen LogP contribution in [0.15, 0.2) is 36.4 Å². The molecule has 0 atom stereocenters. The predicted molar refractivity (Wildman–Crippen MR) is 118 cm³/mol. The number of hydrogen-bond acceptors (Lipinski definition) is 6. The molecule has 2 rings (SSSR count). The summed E-state index contributed by atoms with van der Waals surface area (Å²) in [5.74, 6) is 0.495. The minimum atomic E-state index is -0.623. The number of likely N-dealkylation sites (N-methyl/N-ethyl adjacent to an activating group) is 1. The molecule has 0 aliphatic carbocycles. The minimum absolute atomic E-state index is 0.283. The Balaban J connectivity index is 1.95. The monoisotopic (exact) mass is 427 g/mol. The molecule has 0 aromatic heterocycles. The summed E-state index contributed by atoms with van der Waals surface area (Å²) in [4.78, 5) is 25.9. The fourth-order valence-corrected chi connectivity index (χ4v) is 3.02. The van der Waals surface area contributed by atoms with Crippen molar-refractivity contribution in [1.82, 2.24) is 4.90 Å². The van der Waals surface area contributed by atoms with Crippen LogP contribution in [0.2, 0.25) is 0 Å². The zero-order valence-corrected chi connectivity index (χ0v) is 18.9. The summed E-state index contributed by atoms with van der Waals surface area (Å²) < 4.78 is 20.9. The molecular weight excluding hydrogens is 398 g/mol. The van der Waals surface area contributed by atoms with Gasteiger partial charge in [-0.15, -0.1) is 0 Å². The van der Waals surface area contributed by atoms with E-state index >= 15 is 0 Å². The van der Waals surface area contributed by atoms with E-state index < -0.39 is 5.97 Å². The number of nitrogens with zero attached hydrogens (tertiary/aromatic N) is 1. The Bertz CT molecular complexity index is 942. The quantitative estimate of drug-likeness (QED) is 0.450. The summed E-state index contributed by atoms with van der Waals surface area (Å²) >= 11 is 0. The van der Waals surface area contributed by atoms with Crippen molar-refractivity contribution in [3.63, 3.8) is 0 Å². The standard InChI is InChI=1S/C24H29NO6/c1-16-7-9-19(17(2)11-16)14-25(3)22(26)15-31-23(27)10-8-18-12-20(28-4)24(30-6)21(13-18)29-5/h7-13H,14-15H2,1-6H3/b10-8+. The first-order chi connectivity index (χ1) is 14.8. The number of aryl methyl sites for hydroxylation is 2. The van der Waals surface area contributed by atoms with Crippen LogP contribution >= 0.6 is 0 Å². The van der Waals surface area contributed by atoms with E-state index in [9.17, 15) is 9.59 Å². The van der Waals surface area contributed by atoms with E-state index in [4.69, 9.17) is 18.9 Å². The summed E-state index contributed by atoms with van der Waals surface area (Å²) in [5, 5.41) is 0. The van der Waals surface area contributed by atoms with E-state index in [0.717, 1.165) is 11.1 Å². The Morgan fingerprint density at radius 3 is 2.16 bits per heavy atom. The molecule has 0 saturated carbocycles. The molecule has 0 heterocycles. The molecule has 0 fully saturated rings. The number of carbonyl (C=O) groups excluding carboxylic acids is 2. The lowest BCUT2D eigenvalue weighted by Crippen LogP contribution is -2.30. The third-order valence-electron chi connectivity index (χ3n) is 4.77. The number of carbonyl (C=O) groups is 2. The summed E-state index contributed by atoms with van der Waals surface area (Å²) in [7, 11) is 6.22. The van der Waals surface area contributed by atoms with Crippen LogP contribution in [0.5, 0.6) is 17.2 Å². The summed E-state index contributed by atoms with van der Waals surface area (Å²) in [6.45, 7) is 4.15. The molecule has 0 bridgehead atoms. The molecule has 166 valence electrons. The van der Waals surface area contributed by atoms with Crippen LogP contribution in [-0.2, 0) is 20.9 Å². The van der Waals surface area contributed by atoms with E-state index in [-0.39, 0.29) is 12.5 Å². The highest BCUT2D eigenvalue weighted by Gasteiger charge is 2.14. The topological polar surface area (TPSA) is 74.3 Å². The maximum Gasteiger partial charge on any atom is 0.331 e. The van der Waals surface area contributed by atoms with Gasteiger partial charge < -0.3 is 23.8 Å². The molecule has 0 saturated heterocycles. The highest BCUT2D eigenvalue weighted by Crippen LogP contribution is 2.38. The number of hydrogen-bond donors (Lipinski definition) is 0. The third kappa shape index (κ3) is 6.50. The van der Waals surface area contributed by atoms with Crippen LogP contribution in [0.1, 0.15) is 22.3 Å². The maximum atomic E-state index is 12.3. The van der Waals surface area contributed by atoms with E-state index in [1.165, 1.54) is 37.9 Å². The van der Waals surface area contributed by atoms with E-state index in [0.29, 0.717) is 29.4 Å². The molecular formula is C24H29NO6. The highest BCUT2D eigenvalue weighted by atomic mass is 16.5. The smallest absolute Gasteiger partial charge is 0.331 e. The first-order valence-corrected chi connectivity index (χ1v) is 9.74. The highest BCUT2D eigenvalue weighted by molar-refractivity contribution is 5.89. The fourth-order valence-electron chi connectivity index (χ4n) is 3.02. The van der Waals surface area contributed by atoms with Crippen molar-refractivity contribution in [3.05, 3.63) is 58.7 Å². The molecule has 7 heteroatoms. The number of ether oxygens (including phenoxy) is 4. The molecule has 31 heavy (non-hydrogen) atoms. The number of benzene rings is 2. The lowest BCUT2D eigenvalue weighted by atomic mass is 10.1. The van der Waals surface area contributed by atoms with Crippen LogP contribution < -0.4 is 14.2 Å². The van der Waals surface area contributed by atoms with Crippen LogP contribution in [0, 0.1) is 13.8 Å². The first-order valence-electron chi connectivity index (χ1n) is 9.74. The zero-order chi connectivity index (χ0) is 23.0. The number of methoxy groups -OCH3 is 3. The van der Waals surface area contributed by atoms with Gasteiger partial charge in [-0.1, -0.05) is 23.8 Å². The molecule has 2 aromatic rings. The van der Waals surface area contributed by atoms with Crippen LogP contribution in [0.25, 0.3) is 6.08 Å².